The highest BCUT2D eigenvalue weighted by molar-refractivity contribution is 6.27. The molecule has 23 heavy (non-hydrogen) atoms. The monoisotopic (exact) mass is 305 g/mol. The summed E-state index contributed by atoms with van der Waals surface area (Å²) in [5.41, 5.74) is 2.45. The zero-order valence-electron chi connectivity index (χ0n) is 12.1. The number of nitrogens with zero attached hydrogens (tertiary/aromatic N) is 1. The van der Waals surface area contributed by atoms with Gasteiger partial charge in [-0.2, -0.15) is 0 Å². The van der Waals surface area contributed by atoms with E-state index in [2.05, 4.69) is 5.32 Å². The van der Waals surface area contributed by atoms with E-state index in [1.54, 1.807) is 24.3 Å². The molecule has 2 aliphatic rings. The summed E-state index contributed by atoms with van der Waals surface area (Å²) in [5, 5.41) is 13.0. The van der Waals surface area contributed by atoms with Crippen molar-refractivity contribution in [2.45, 2.75) is 0 Å². The van der Waals surface area contributed by atoms with Gasteiger partial charge in [-0.05, 0) is 17.7 Å². The highest BCUT2D eigenvalue weighted by atomic mass is 16.5. The SMILES string of the molecule is O=C1NC(c2ccccc2)=C2C(=O)[N+](O)=C(c3ccccc3)C12. The molecule has 1 unspecified atom stereocenters. The number of hydroxylamine groups is 1. The predicted molar refractivity (Wildman–Crippen MR) is 82.6 cm³/mol. The average Bonchev–Trinajstić information content (AvgIpc) is 3.06. The molecule has 0 bridgehead atoms. The van der Waals surface area contributed by atoms with E-state index in [0.29, 0.717) is 27.3 Å². The minimum absolute atomic E-state index is 0.294. The fourth-order valence-corrected chi connectivity index (χ4v) is 3.11. The normalized spacial score (nSPS) is 20.1. The van der Waals surface area contributed by atoms with Gasteiger partial charge in [-0.25, -0.2) is 4.79 Å². The lowest BCUT2D eigenvalue weighted by molar-refractivity contribution is -0.700. The zero-order chi connectivity index (χ0) is 16.0. The smallest absolute Gasteiger partial charge is 0.324 e. The van der Waals surface area contributed by atoms with Crippen molar-refractivity contribution in [3.8, 4) is 0 Å². The van der Waals surface area contributed by atoms with Crippen LogP contribution in [0, 0.1) is 5.92 Å². The quantitative estimate of drug-likeness (QED) is 0.503. The summed E-state index contributed by atoms with van der Waals surface area (Å²) in [6.45, 7) is 0. The van der Waals surface area contributed by atoms with Crippen LogP contribution in [0.2, 0.25) is 0 Å². The third kappa shape index (κ3) is 1.90. The summed E-state index contributed by atoms with van der Waals surface area (Å²) in [6, 6.07) is 18.1. The molecule has 2 aromatic rings. The van der Waals surface area contributed by atoms with E-state index < -0.39 is 11.8 Å². The van der Waals surface area contributed by atoms with Gasteiger partial charge in [0.25, 0.3) is 5.71 Å². The van der Waals surface area contributed by atoms with Crippen LogP contribution in [0.4, 0.5) is 0 Å². The van der Waals surface area contributed by atoms with Gasteiger partial charge in [0.15, 0.2) is 5.92 Å². The van der Waals surface area contributed by atoms with Crippen molar-refractivity contribution >= 4 is 23.2 Å². The first kappa shape index (κ1) is 13.5. The molecule has 2 aliphatic heterocycles. The van der Waals surface area contributed by atoms with E-state index in [-0.39, 0.29) is 5.91 Å². The number of carbonyl (C=O) groups excluding carboxylic acids is 2. The molecule has 2 aromatic carbocycles. The second-order valence-corrected chi connectivity index (χ2v) is 5.45. The Bertz CT molecular complexity index is 883. The van der Waals surface area contributed by atoms with Gasteiger partial charge in [-0.3, -0.25) is 10.0 Å². The highest BCUT2D eigenvalue weighted by Gasteiger charge is 2.56. The molecule has 0 spiro atoms. The number of rotatable bonds is 2. The first-order valence-corrected chi connectivity index (χ1v) is 7.24. The van der Waals surface area contributed by atoms with Crippen LogP contribution < -0.4 is 5.32 Å². The van der Waals surface area contributed by atoms with Gasteiger partial charge in [0, 0.05) is 5.56 Å². The lowest BCUT2D eigenvalue weighted by atomic mass is 9.92. The Morgan fingerprint density at radius 2 is 1.43 bits per heavy atom. The Labute approximate surface area is 132 Å². The molecule has 0 fully saturated rings. The summed E-state index contributed by atoms with van der Waals surface area (Å²) in [5.74, 6) is -1.65. The summed E-state index contributed by atoms with van der Waals surface area (Å²) in [6.07, 6.45) is 0. The molecule has 4 rings (SSSR count). The van der Waals surface area contributed by atoms with Crippen LogP contribution in [-0.4, -0.2) is 27.5 Å². The maximum atomic E-state index is 12.5. The van der Waals surface area contributed by atoms with E-state index >= 15 is 0 Å². The topological polar surface area (TPSA) is 69.4 Å². The number of hydrogen-bond acceptors (Lipinski definition) is 3. The summed E-state index contributed by atoms with van der Waals surface area (Å²) < 4.78 is 0.594. The van der Waals surface area contributed by atoms with Crippen molar-refractivity contribution < 1.29 is 19.5 Å². The fourth-order valence-electron chi connectivity index (χ4n) is 3.11. The molecule has 2 N–H and O–H groups in total. The third-order valence-electron chi connectivity index (χ3n) is 4.12. The van der Waals surface area contributed by atoms with Crippen LogP contribution in [0.3, 0.4) is 0 Å². The zero-order valence-corrected chi connectivity index (χ0v) is 12.1. The fraction of sp³-hybridized carbons (Fsp3) is 0.0556. The van der Waals surface area contributed by atoms with Gasteiger partial charge in [0.1, 0.15) is 5.57 Å². The van der Waals surface area contributed by atoms with Crippen LogP contribution in [0.25, 0.3) is 5.70 Å². The van der Waals surface area contributed by atoms with Crippen LogP contribution in [0.15, 0.2) is 66.2 Å². The molecule has 0 saturated heterocycles. The van der Waals surface area contributed by atoms with Crippen LogP contribution in [0.5, 0.6) is 0 Å². The van der Waals surface area contributed by atoms with Gasteiger partial charge < -0.3 is 5.32 Å². The summed E-state index contributed by atoms with van der Waals surface area (Å²) in [7, 11) is 0. The number of nitrogens with one attached hydrogen (secondary N) is 1. The molecule has 112 valence electrons. The maximum Gasteiger partial charge on any atom is 0.465 e. The standard InChI is InChI=1S/C18H12N2O3/c21-17-14-13(15(19-17)11-7-3-1-4-8-11)18(22)20(23)16(14)12-9-5-2-6-10-12/h1-10,14H,(H-,19,21,22,23)/p+1. The average molecular weight is 305 g/mol. The van der Waals surface area contributed by atoms with E-state index in [1.165, 1.54) is 0 Å². The second kappa shape index (κ2) is 4.91. The molecule has 1 atom stereocenters. The summed E-state index contributed by atoms with van der Waals surface area (Å²) in [4.78, 5) is 25.0. The molecule has 2 heterocycles. The van der Waals surface area contributed by atoms with E-state index in [1.807, 2.05) is 36.4 Å². The van der Waals surface area contributed by atoms with Crippen LogP contribution in [-0.2, 0) is 9.59 Å². The number of amides is 2. The Balaban J connectivity index is 1.90. The van der Waals surface area contributed by atoms with Crippen molar-refractivity contribution in [2.75, 3.05) is 0 Å². The maximum absolute atomic E-state index is 12.5. The molecule has 0 aliphatic carbocycles. The third-order valence-corrected chi connectivity index (χ3v) is 4.12. The van der Waals surface area contributed by atoms with Gasteiger partial charge in [-0.1, -0.05) is 48.5 Å². The first-order valence-electron chi connectivity index (χ1n) is 7.24. The van der Waals surface area contributed by atoms with Crippen molar-refractivity contribution in [3.05, 3.63) is 77.4 Å². The Hall–Kier alpha value is -3.21. The minimum atomic E-state index is -0.787. The molecular formula is C18H13N2O3+. The Morgan fingerprint density at radius 1 is 0.870 bits per heavy atom. The molecule has 0 aromatic heterocycles. The molecule has 0 saturated carbocycles. The predicted octanol–water partition coefficient (Wildman–Crippen LogP) is 1.57. The number of carbonyl (C=O) groups is 2. The van der Waals surface area contributed by atoms with Crippen molar-refractivity contribution in [1.29, 1.82) is 0 Å². The Morgan fingerprint density at radius 3 is 2.04 bits per heavy atom. The number of fused-ring (bicyclic) bond motifs is 1. The molecule has 2 amide bonds. The first-order chi connectivity index (χ1) is 11.2. The largest absolute Gasteiger partial charge is 0.465 e. The lowest BCUT2D eigenvalue weighted by Crippen LogP contribution is -2.29. The molecule has 5 nitrogen and oxygen atoms in total. The summed E-state index contributed by atoms with van der Waals surface area (Å²) >= 11 is 0. The van der Waals surface area contributed by atoms with E-state index in [9.17, 15) is 14.8 Å². The molecule has 5 heteroatoms. The van der Waals surface area contributed by atoms with Crippen molar-refractivity contribution in [1.82, 2.24) is 5.32 Å². The second-order valence-electron chi connectivity index (χ2n) is 5.45. The van der Waals surface area contributed by atoms with Gasteiger partial charge in [0.2, 0.25) is 5.91 Å². The highest BCUT2D eigenvalue weighted by Crippen LogP contribution is 2.35. The van der Waals surface area contributed by atoms with Gasteiger partial charge in [0.05, 0.1) is 10.4 Å². The minimum Gasteiger partial charge on any atom is -0.324 e. The van der Waals surface area contributed by atoms with Crippen molar-refractivity contribution in [2.24, 2.45) is 5.92 Å². The van der Waals surface area contributed by atoms with E-state index in [0.717, 1.165) is 5.56 Å². The Kier molecular flexibility index (Phi) is 2.87. The van der Waals surface area contributed by atoms with Crippen LogP contribution >= 0.6 is 0 Å². The van der Waals surface area contributed by atoms with Crippen molar-refractivity contribution in [3.63, 3.8) is 0 Å². The van der Waals surface area contributed by atoms with E-state index in [4.69, 9.17) is 0 Å². The number of benzene rings is 2. The molecular weight excluding hydrogens is 292 g/mol. The number of hydrogen-bond donors (Lipinski definition) is 2. The van der Waals surface area contributed by atoms with Crippen LogP contribution in [0.1, 0.15) is 11.1 Å². The van der Waals surface area contributed by atoms with Gasteiger partial charge in [-0.15, -0.1) is 0 Å². The molecule has 0 radical (unpaired) electrons. The van der Waals surface area contributed by atoms with Gasteiger partial charge >= 0.3 is 5.91 Å². The lowest BCUT2D eigenvalue weighted by Gasteiger charge is -2.03.